The summed E-state index contributed by atoms with van der Waals surface area (Å²) in [5.41, 5.74) is 7.43. The molecule has 3 rings (SSSR count). The van der Waals surface area contributed by atoms with Crippen molar-refractivity contribution >= 4 is 24.2 Å². The van der Waals surface area contributed by atoms with E-state index in [1.807, 2.05) is 33.8 Å². The van der Waals surface area contributed by atoms with Gasteiger partial charge in [-0.3, -0.25) is 0 Å². The lowest BCUT2D eigenvalue weighted by atomic mass is 9.78. The van der Waals surface area contributed by atoms with E-state index in [0.29, 0.717) is 16.9 Å². The fourth-order valence-corrected chi connectivity index (χ4v) is 2.67. The molecule has 0 aliphatic carbocycles. The van der Waals surface area contributed by atoms with Gasteiger partial charge in [-0.1, -0.05) is 12.1 Å². The second-order valence-corrected chi connectivity index (χ2v) is 7.18. The van der Waals surface area contributed by atoms with Crippen molar-refractivity contribution in [1.29, 1.82) is 0 Å². The number of ether oxygens (including phenoxy) is 1. The lowest BCUT2D eigenvalue weighted by Gasteiger charge is -2.32. The number of aromatic amines is 1. The van der Waals surface area contributed by atoms with Gasteiger partial charge < -0.3 is 19.8 Å². The molecule has 1 fully saturated rings. The van der Waals surface area contributed by atoms with Crippen molar-refractivity contribution < 1.29 is 18.8 Å². The molecule has 0 spiro atoms. The second kappa shape index (κ2) is 6.41. The molecule has 0 saturated carbocycles. The van der Waals surface area contributed by atoms with Crippen LogP contribution < -0.4 is 11.2 Å². The standard InChI is InChI=1S/C17H23BN4O4/c1-6-24-15(23)14-13(20-22-21-14)11-9-10(7-8-12(11)19)18-25-16(2,3)17(4,5)26-18/h7-9H,6,19H2,1-5H3,(H,20,21,22). The number of nitrogens with one attached hydrogen (secondary N) is 1. The fraction of sp³-hybridized carbons (Fsp3) is 0.471. The van der Waals surface area contributed by atoms with Crippen molar-refractivity contribution in [2.75, 3.05) is 12.3 Å². The molecule has 9 heteroatoms. The zero-order valence-electron chi connectivity index (χ0n) is 15.6. The van der Waals surface area contributed by atoms with Crippen LogP contribution in [0.1, 0.15) is 45.1 Å². The van der Waals surface area contributed by atoms with Crippen LogP contribution in [-0.2, 0) is 14.0 Å². The number of rotatable bonds is 4. The smallest absolute Gasteiger partial charge is 0.461 e. The number of nitrogens with zero attached hydrogens (tertiary/aromatic N) is 2. The highest BCUT2D eigenvalue weighted by Gasteiger charge is 2.51. The zero-order valence-corrected chi connectivity index (χ0v) is 15.6. The van der Waals surface area contributed by atoms with Crippen LogP contribution in [0.2, 0.25) is 0 Å². The highest BCUT2D eigenvalue weighted by atomic mass is 16.7. The number of carbonyl (C=O) groups excluding carboxylic acids is 1. The molecular formula is C17H23BN4O4. The minimum absolute atomic E-state index is 0.0876. The maximum absolute atomic E-state index is 12.1. The number of hydrogen-bond donors (Lipinski definition) is 2. The molecule has 8 nitrogen and oxygen atoms in total. The number of benzene rings is 1. The van der Waals surface area contributed by atoms with E-state index in [1.54, 1.807) is 19.1 Å². The van der Waals surface area contributed by atoms with E-state index in [9.17, 15) is 4.79 Å². The maximum atomic E-state index is 12.1. The summed E-state index contributed by atoms with van der Waals surface area (Å²) in [6.45, 7) is 9.92. The predicted octanol–water partition coefficient (Wildman–Crippen LogP) is 1.53. The summed E-state index contributed by atoms with van der Waals surface area (Å²) in [6.07, 6.45) is 0. The minimum atomic E-state index is -0.559. The van der Waals surface area contributed by atoms with Crippen molar-refractivity contribution in [2.45, 2.75) is 45.8 Å². The Morgan fingerprint density at radius 2 is 1.88 bits per heavy atom. The Bertz CT molecular complexity index is 818. The number of anilines is 1. The third kappa shape index (κ3) is 3.08. The summed E-state index contributed by atoms with van der Waals surface area (Å²) in [7, 11) is -0.544. The lowest BCUT2D eigenvalue weighted by molar-refractivity contribution is 0.00578. The van der Waals surface area contributed by atoms with E-state index in [2.05, 4.69) is 15.4 Å². The van der Waals surface area contributed by atoms with Gasteiger partial charge in [0.1, 0.15) is 5.69 Å². The number of nitrogens with two attached hydrogens (primary N) is 1. The van der Waals surface area contributed by atoms with E-state index >= 15 is 0 Å². The molecule has 0 amide bonds. The Hall–Kier alpha value is -2.39. The molecular weight excluding hydrogens is 335 g/mol. The molecule has 0 atom stereocenters. The maximum Gasteiger partial charge on any atom is 0.494 e. The molecule has 1 aliphatic heterocycles. The van der Waals surface area contributed by atoms with Crippen LogP contribution in [0, 0.1) is 0 Å². The van der Waals surface area contributed by atoms with Crippen LogP contribution in [0.25, 0.3) is 11.3 Å². The first-order valence-electron chi connectivity index (χ1n) is 8.49. The molecule has 0 radical (unpaired) electrons. The summed E-state index contributed by atoms with van der Waals surface area (Å²) in [5.74, 6) is -0.559. The van der Waals surface area contributed by atoms with Crippen molar-refractivity contribution in [1.82, 2.24) is 15.4 Å². The van der Waals surface area contributed by atoms with E-state index in [0.717, 1.165) is 5.46 Å². The quantitative estimate of drug-likeness (QED) is 0.484. The molecule has 0 unspecified atom stereocenters. The van der Waals surface area contributed by atoms with Crippen LogP contribution >= 0.6 is 0 Å². The summed E-state index contributed by atoms with van der Waals surface area (Å²) in [4.78, 5) is 12.1. The van der Waals surface area contributed by atoms with Crippen molar-refractivity contribution in [3.05, 3.63) is 23.9 Å². The molecule has 1 saturated heterocycles. The van der Waals surface area contributed by atoms with Crippen LogP contribution in [0.5, 0.6) is 0 Å². The largest absolute Gasteiger partial charge is 0.494 e. The van der Waals surface area contributed by atoms with Crippen molar-refractivity contribution in [3.8, 4) is 11.3 Å². The SMILES string of the molecule is CCOC(=O)c1n[nH]nc1-c1cc(B2OC(C)(C)C(C)(C)O2)ccc1N. The Kier molecular flexibility index (Phi) is 4.53. The summed E-state index contributed by atoms with van der Waals surface area (Å²) in [5, 5.41) is 10.4. The molecule has 0 bridgehead atoms. The third-order valence-electron chi connectivity index (χ3n) is 4.87. The molecule has 2 heterocycles. The van der Waals surface area contributed by atoms with E-state index < -0.39 is 24.3 Å². The van der Waals surface area contributed by atoms with Gasteiger partial charge in [-0.25, -0.2) is 4.79 Å². The number of carbonyl (C=O) groups is 1. The van der Waals surface area contributed by atoms with Crippen LogP contribution in [0.3, 0.4) is 0 Å². The first kappa shape index (κ1) is 18.4. The number of esters is 1. The topological polar surface area (TPSA) is 112 Å². The lowest BCUT2D eigenvalue weighted by Crippen LogP contribution is -2.41. The van der Waals surface area contributed by atoms with Gasteiger partial charge in [-0.05, 0) is 46.1 Å². The average Bonchev–Trinajstić information content (AvgIpc) is 3.11. The van der Waals surface area contributed by atoms with Gasteiger partial charge in [0, 0.05) is 11.3 Å². The summed E-state index contributed by atoms with van der Waals surface area (Å²) in [6, 6.07) is 5.38. The van der Waals surface area contributed by atoms with E-state index in [-0.39, 0.29) is 12.3 Å². The molecule has 26 heavy (non-hydrogen) atoms. The van der Waals surface area contributed by atoms with Crippen molar-refractivity contribution in [3.63, 3.8) is 0 Å². The first-order valence-corrected chi connectivity index (χ1v) is 8.49. The average molecular weight is 358 g/mol. The molecule has 138 valence electrons. The highest BCUT2D eigenvalue weighted by Crippen LogP contribution is 2.37. The predicted molar refractivity (Wildman–Crippen MR) is 97.9 cm³/mol. The first-order chi connectivity index (χ1) is 12.2. The van der Waals surface area contributed by atoms with Crippen LogP contribution in [0.4, 0.5) is 5.69 Å². The van der Waals surface area contributed by atoms with Gasteiger partial charge in [-0.2, -0.15) is 10.3 Å². The van der Waals surface area contributed by atoms with Gasteiger partial charge >= 0.3 is 13.1 Å². The number of hydrogen-bond acceptors (Lipinski definition) is 7. The van der Waals surface area contributed by atoms with Gasteiger partial charge in [0.25, 0.3) is 0 Å². The second-order valence-electron chi connectivity index (χ2n) is 7.18. The molecule has 1 aliphatic rings. The summed E-state index contributed by atoms with van der Waals surface area (Å²) < 4.78 is 17.2. The Morgan fingerprint density at radius 3 is 2.50 bits per heavy atom. The van der Waals surface area contributed by atoms with Crippen LogP contribution in [-0.4, -0.2) is 46.3 Å². The zero-order chi connectivity index (χ0) is 19.1. The third-order valence-corrected chi connectivity index (χ3v) is 4.87. The van der Waals surface area contributed by atoms with Crippen LogP contribution in [0.15, 0.2) is 18.2 Å². The van der Waals surface area contributed by atoms with Gasteiger partial charge in [-0.15, -0.1) is 5.10 Å². The van der Waals surface area contributed by atoms with Gasteiger partial charge in [0.2, 0.25) is 0 Å². The summed E-state index contributed by atoms with van der Waals surface area (Å²) >= 11 is 0. The number of aromatic nitrogens is 3. The number of H-pyrrole nitrogens is 1. The van der Waals surface area contributed by atoms with Crippen molar-refractivity contribution in [2.24, 2.45) is 0 Å². The molecule has 2 aromatic rings. The number of nitrogen functional groups attached to an aromatic ring is 1. The normalized spacial score (nSPS) is 18.1. The Balaban J connectivity index is 1.98. The van der Waals surface area contributed by atoms with E-state index in [4.69, 9.17) is 19.8 Å². The highest BCUT2D eigenvalue weighted by molar-refractivity contribution is 6.62. The fourth-order valence-electron chi connectivity index (χ4n) is 2.67. The van der Waals surface area contributed by atoms with Gasteiger partial charge in [0.05, 0.1) is 17.8 Å². The molecule has 1 aromatic carbocycles. The minimum Gasteiger partial charge on any atom is -0.461 e. The Labute approximate surface area is 152 Å². The van der Waals surface area contributed by atoms with E-state index in [1.165, 1.54) is 0 Å². The van der Waals surface area contributed by atoms with Gasteiger partial charge in [0.15, 0.2) is 5.69 Å². The Morgan fingerprint density at radius 1 is 1.23 bits per heavy atom. The molecule has 1 aromatic heterocycles. The monoisotopic (exact) mass is 358 g/mol. The molecule has 3 N–H and O–H groups in total.